The molecule has 1 N–H and O–H groups in total. The number of rotatable bonds is 6. The SMILES string of the molecule is CCOc1ccc(S(=O)(=O)N2CCOCC2)cc1NC(=O)c1ccc(F)c(F)c1. The van der Waals surface area contributed by atoms with Crippen molar-refractivity contribution in [2.24, 2.45) is 0 Å². The van der Waals surface area contributed by atoms with Crippen LogP contribution in [0.2, 0.25) is 0 Å². The van der Waals surface area contributed by atoms with Crippen LogP contribution in [0.1, 0.15) is 17.3 Å². The lowest BCUT2D eigenvalue weighted by molar-refractivity contribution is 0.0730. The molecule has 0 aliphatic carbocycles. The molecule has 1 aliphatic rings. The van der Waals surface area contributed by atoms with E-state index in [9.17, 15) is 22.0 Å². The van der Waals surface area contributed by atoms with Gasteiger partial charge in [-0.25, -0.2) is 17.2 Å². The molecule has 3 rings (SSSR count). The highest BCUT2D eigenvalue weighted by Gasteiger charge is 2.27. The first-order chi connectivity index (χ1) is 13.8. The van der Waals surface area contributed by atoms with Gasteiger partial charge in [0.1, 0.15) is 5.75 Å². The Kier molecular flexibility index (Phi) is 6.46. The van der Waals surface area contributed by atoms with Crippen molar-refractivity contribution in [3.05, 3.63) is 53.6 Å². The van der Waals surface area contributed by atoms with Gasteiger partial charge in [-0.15, -0.1) is 0 Å². The fourth-order valence-electron chi connectivity index (χ4n) is 2.82. The van der Waals surface area contributed by atoms with Gasteiger partial charge >= 0.3 is 0 Å². The largest absolute Gasteiger partial charge is 0.492 e. The highest BCUT2D eigenvalue weighted by molar-refractivity contribution is 7.89. The van der Waals surface area contributed by atoms with Crippen molar-refractivity contribution in [2.75, 3.05) is 38.2 Å². The number of amides is 1. The zero-order valence-electron chi connectivity index (χ0n) is 15.7. The number of halogens is 2. The predicted molar refractivity (Wildman–Crippen MR) is 102 cm³/mol. The van der Waals surface area contributed by atoms with E-state index in [0.717, 1.165) is 18.2 Å². The number of nitrogens with zero attached hydrogens (tertiary/aromatic N) is 1. The number of benzene rings is 2. The molecule has 0 radical (unpaired) electrons. The third-order valence-electron chi connectivity index (χ3n) is 4.29. The zero-order chi connectivity index (χ0) is 21.0. The first-order valence-electron chi connectivity index (χ1n) is 8.94. The highest BCUT2D eigenvalue weighted by atomic mass is 32.2. The molecular weight excluding hydrogens is 406 g/mol. The Labute approximate surface area is 167 Å². The minimum absolute atomic E-state index is 0.0246. The Bertz CT molecular complexity index is 1010. The second-order valence-corrected chi connectivity index (χ2v) is 8.13. The van der Waals surface area contributed by atoms with Crippen LogP contribution in [0, 0.1) is 11.6 Å². The van der Waals surface area contributed by atoms with Crippen molar-refractivity contribution < 1.29 is 31.5 Å². The molecule has 1 saturated heterocycles. The van der Waals surface area contributed by atoms with Crippen molar-refractivity contribution in [1.29, 1.82) is 0 Å². The van der Waals surface area contributed by atoms with Crippen LogP contribution in [0.3, 0.4) is 0 Å². The topological polar surface area (TPSA) is 84.9 Å². The Balaban J connectivity index is 1.92. The summed E-state index contributed by atoms with van der Waals surface area (Å²) < 4.78 is 64.2. The lowest BCUT2D eigenvalue weighted by Crippen LogP contribution is -2.40. The lowest BCUT2D eigenvalue weighted by Gasteiger charge is -2.26. The van der Waals surface area contributed by atoms with E-state index in [-0.39, 0.29) is 41.6 Å². The first kappa shape index (κ1) is 21.2. The van der Waals surface area contributed by atoms with Crippen LogP contribution in [0.25, 0.3) is 0 Å². The van der Waals surface area contributed by atoms with Gasteiger partial charge in [0.2, 0.25) is 10.0 Å². The van der Waals surface area contributed by atoms with E-state index in [1.54, 1.807) is 6.92 Å². The number of carbonyl (C=O) groups is 1. The molecule has 1 aliphatic heterocycles. The van der Waals surface area contributed by atoms with E-state index in [1.807, 2.05) is 0 Å². The van der Waals surface area contributed by atoms with Crippen LogP contribution in [0.5, 0.6) is 5.75 Å². The molecule has 0 unspecified atom stereocenters. The highest BCUT2D eigenvalue weighted by Crippen LogP contribution is 2.30. The summed E-state index contributed by atoms with van der Waals surface area (Å²) in [6, 6.07) is 6.85. The van der Waals surface area contributed by atoms with Crippen LogP contribution >= 0.6 is 0 Å². The van der Waals surface area contributed by atoms with E-state index < -0.39 is 27.6 Å². The summed E-state index contributed by atoms with van der Waals surface area (Å²) in [5.41, 5.74) is -0.0105. The summed E-state index contributed by atoms with van der Waals surface area (Å²) in [7, 11) is -3.79. The molecule has 29 heavy (non-hydrogen) atoms. The molecule has 2 aromatic rings. The molecule has 10 heteroatoms. The molecule has 0 bridgehead atoms. The van der Waals surface area contributed by atoms with Gasteiger partial charge in [0, 0.05) is 18.7 Å². The van der Waals surface area contributed by atoms with Gasteiger partial charge in [0.25, 0.3) is 5.91 Å². The molecule has 1 heterocycles. The van der Waals surface area contributed by atoms with E-state index in [1.165, 1.54) is 22.5 Å². The van der Waals surface area contributed by atoms with Crippen molar-refractivity contribution in [3.8, 4) is 5.75 Å². The van der Waals surface area contributed by atoms with Crippen LogP contribution in [-0.4, -0.2) is 51.5 Å². The first-order valence-corrected chi connectivity index (χ1v) is 10.4. The fraction of sp³-hybridized carbons (Fsp3) is 0.316. The van der Waals surface area contributed by atoms with Gasteiger partial charge in [0.05, 0.1) is 30.4 Å². The average Bonchev–Trinajstić information content (AvgIpc) is 2.72. The molecular formula is C19H20F2N2O5S. The van der Waals surface area contributed by atoms with Crippen molar-refractivity contribution >= 4 is 21.6 Å². The minimum atomic E-state index is -3.79. The van der Waals surface area contributed by atoms with Gasteiger partial charge in [-0.3, -0.25) is 4.79 Å². The molecule has 156 valence electrons. The quantitative estimate of drug-likeness (QED) is 0.768. The van der Waals surface area contributed by atoms with E-state index in [2.05, 4.69) is 5.32 Å². The second kappa shape index (κ2) is 8.85. The molecule has 0 saturated carbocycles. The smallest absolute Gasteiger partial charge is 0.255 e. The number of sulfonamides is 1. The molecule has 2 aromatic carbocycles. The maximum atomic E-state index is 13.4. The average molecular weight is 426 g/mol. The van der Waals surface area contributed by atoms with Crippen LogP contribution in [-0.2, 0) is 14.8 Å². The van der Waals surface area contributed by atoms with Gasteiger partial charge in [0.15, 0.2) is 11.6 Å². The second-order valence-electron chi connectivity index (χ2n) is 6.19. The van der Waals surface area contributed by atoms with E-state index >= 15 is 0 Å². The Morgan fingerprint density at radius 3 is 2.52 bits per heavy atom. The standard InChI is InChI=1S/C19H20F2N2O5S/c1-2-28-18-6-4-14(29(25,26)23-7-9-27-10-8-23)12-17(18)22-19(24)13-3-5-15(20)16(21)11-13/h3-6,11-12H,2,7-10H2,1H3,(H,22,24). The normalized spacial score (nSPS) is 15.1. The maximum Gasteiger partial charge on any atom is 0.255 e. The number of morpholine rings is 1. The van der Waals surface area contributed by atoms with Crippen molar-refractivity contribution in [1.82, 2.24) is 4.31 Å². The number of carbonyl (C=O) groups excluding carboxylic acids is 1. The summed E-state index contributed by atoms with van der Waals surface area (Å²) in [5, 5.41) is 2.51. The Morgan fingerprint density at radius 2 is 1.86 bits per heavy atom. The molecule has 0 aromatic heterocycles. The molecule has 1 amide bonds. The lowest BCUT2D eigenvalue weighted by atomic mass is 10.2. The van der Waals surface area contributed by atoms with E-state index in [4.69, 9.17) is 9.47 Å². The summed E-state index contributed by atoms with van der Waals surface area (Å²) >= 11 is 0. The third kappa shape index (κ3) is 4.72. The number of anilines is 1. The van der Waals surface area contributed by atoms with Crippen molar-refractivity contribution in [2.45, 2.75) is 11.8 Å². The fourth-order valence-corrected chi connectivity index (χ4v) is 4.25. The van der Waals surface area contributed by atoms with Gasteiger partial charge in [-0.05, 0) is 43.3 Å². The number of nitrogens with one attached hydrogen (secondary N) is 1. The van der Waals surface area contributed by atoms with Crippen LogP contribution in [0.15, 0.2) is 41.3 Å². The summed E-state index contributed by atoms with van der Waals surface area (Å²) in [5.74, 6) is -2.71. The van der Waals surface area contributed by atoms with Crippen molar-refractivity contribution in [3.63, 3.8) is 0 Å². The molecule has 0 spiro atoms. The molecule has 1 fully saturated rings. The monoisotopic (exact) mass is 426 g/mol. The minimum Gasteiger partial charge on any atom is -0.492 e. The Morgan fingerprint density at radius 1 is 1.14 bits per heavy atom. The van der Waals surface area contributed by atoms with Gasteiger partial charge in [-0.1, -0.05) is 0 Å². The van der Waals surface area contributed by atoms with Gasteiger partial charge < -0.3 is 14.8 Å². The zero-order valence-corrected chi connectivity index (χ0v) is 16.5. The van der Waals surface area contributed by atoms with Crippen LogP contribution in [0.4, 0.5) is 14.5 Å². The van der Waals surface area contributed by atoms with Gasteiger partial charge in [-0.2, -0.15) is 4.31 Å². The molecule has 0 atom stereocenters. The number of ether oxygens (including phenoxy) is 2. The summed E-state index contributed by atoms with van der Waals surface area (Å²) in [4.78, 5) is 12.4. The van der Waals surface area contributed by atoms with E-state index in [0.29, 0.717) is 13.2 Å². The number of hydrogen-bond donors (Lipinski definition) is 1. The summed E-state index contributed by atoms with van der Waals surface area (Å²) in [6.45, 7) is 3.08. The number of hydrogen-bond acceptors (Lipinski definition) is 5. The van der Waals surface area contributed by atoms with Crippen LogP contribution < -0.4 is 10.1 Å². The third-order valence-corrected chi connectivity index (χ3v) is 6.18. The summed E-state index contributed by atoms with van der Waals surface area (Å²) in [6.07, 6.45) is 0. The Hall–Kier alpha value is -2.56. The molecule has 7 nitrogen and oxygen atoms in total. The maximum absolute atomic E-state index is 13.4. The predicted octanol–water partition coefficient (Wildman–Crippen LogP) is 2.64.